The Hall–Kier alpha value is -5.05. The molecule has 1 fully saturated rings. The molecule has 1 saturated heterocycles. The van der Waals surface area contributed by atoms with Crippen molar-refractivity contribution >= 4 is 46.4 Å². The van der Waals surface area contributed by atoms with Gasteiger partial charge in [0, 0.05) is 67.7 Å². The molecule has 0 bridgehead atoms. The van der Waals surface area contributed by atoms with E-state index in [9.17, 15) is 9.59 Å². The van der Waals surface area contributed by atoms with Crippen molar-refractivity contribution in [2.45, 2.75) is 26.4 Å². The van der Waals surface area contributed by atoms with Gasteiger partial charge in [-0.15, -0.1) is 0 Å². The maximum atomic E-state index is 12.6. The summed E-state index contributed by atoms with van der Waals surface area (Å²) in [6.07, 6.45) is 9.34. The number of nitrogens with one attached hydrogen (secondary N) is 2. The normalized spacial score (nSPS) is 15.1. The predicted octanol–water partition coefficient (Wildman–Crippen LogP) is 4.93. The molecule has 2 N–H and O–H groups in total. The fourth-order valence-electron chi connectivity index (χ4n) is 5.87. The first kappa shape index (κ1) is 34.8. The zero-order chi connectivity index (χ0) is 35.0. The lowest BCUT2D eigenvalue weighted by Crippen LogP contribution is -2.41. The Morgan fingerprint density at radius 3 is 2.48 bits per heavy atom. The number of carbonyl (C=O) groups excluding carboxylic acids is 2. The number of fused-ring (bicyclic) bond motifs is 1. The van der Waals surface area contributed by atoms with E-state index in [1.165, 1.54) is 11.1 Å². The van der Waals surface area contributed by atoms with Gasteiger partial charge in [-0.1, -0.05) is 42.3 Å². The van der Waals surface area contributed by atoms with Crippen LogP contribution >= 0.6 is 11.9 Å². The van der Waals surface area contributed by atoms with E-state index in [2.05, 4.69) is 76.4 Å². The van der Waals surface area contributed by atoms with Crippen molar-refractivity contribution in [2.75, 3.05) is 51.0 Å². The molecule has 0 spiro atoms. The molecule has 14 heteroatoms. The first-order chi connectivity index (χ1) is 24.3. The standard InChI is InChI=1S/C20H26N6OS.C16H16N4O2/c1-23-14-21-20(22-23)18-5-3-16(4-6-18)17-7-9-25(10-8-17)19(27)13-24-11-12-26(15-24)28-2;1-10(2)22-15-6-3-11(8-17-15)16-13-7-12(18-9-21)4-5-14(13)19-20-16/h3-7,14H,8-13,15H2,1-2H3;3-10H,1-2H3,(H,18,21)(H,19,20). The monoisotopic (exact) mass is 694 g/mol. The number of aromatic amines is 1. The van der Waals surface area contributed by atoms with Crippen LogP contribution in [0.3, 0.4) is 0 Å². The number of hydrogen-bond donors (Lipinski definition) is 2. The third-order valence-corrected chi connectivity index (χ3v) is 9.28. The minimum absolute atomic E-state index is 0.0848. The Bertz CT molecular complexity index is 1940. The number of ether oxygens (including phenoxy) is 1. The molecule has 260 valence electrons. The lowest BCUT2D eigenvalue weighted by Gasteiger charge is -2.28. The molecular formula is C36H42N10O3S. The fourth-order valence-corrected chi connectivity index (χ4v) is 6.42. The number of aryl methyl sites for hydroxylation is 1. The highest BCUT2D eigenvalue weighted by atomic mass is 32.2. The van der Waals surface area contributed by atoms with Crippen molar-refractivity contribution in [3.63, 3.8) is 0 Å². The van der Waals surface area contributed by atoms with E-state index in [1.54, 1.807) is 29.2 Å². The molecule has 5 heterocycles. The Morgan fingerprint density at radius 1 is 1.04 bits per heavy atom. The van der Waals surface area contributed by atoms with Crippen LogP contribution in [0.2, 0.25) is 0 Å². The molecule has 2 aliphatic rings. The zero-order valence-corrected chi connectivity index (χ0v) is 29.6. The molecule has 3 aromatic heterocycles. The quantitative estimate of drug-likeness (QED) is 0.153. The highest BCUT2D eigenvalue weighted by Gasteiger charge is 2.25. The minimum Gasteiger partial charge on any atom is -0.475 e. The van der Waals surface area contributed by atoms with Crippen LogP contribution in [0, 0.1) is 0 Å². The van der Waals surface area contributed by atoms with E-state index in [0.29, 0.717) is 25.4 Å². The van der Waals surface area contributed by atoms with Gasteiger partial charge in [-0.25, -0.2) is 14.3 Å². The number of rotatable bonds is 10. The molecule has 5 aromatic rings. The van der Waals surface area contributed by atoms with Crippen LogP contribution in [0.1, 0.15) is 25.8 Å². The number of hydrogen-bond acceptors (Lipinski definition) is 10. The van der Waals surface area contributed by atoms with Crippen molar-refractivity contribution in [1.82, 2.24) is 44.1 Å². The number of amides is 2. The van der Waals surface area contributed by atoms with E-state index >= 15 is 0 Å². The van der Waals surface area contributed by atoms with Crippen molar-refractivity contribution in [3.05, 3.63) is 78.8 Å². The summed E-state index contributed by atoms with van der Waals surface area (Å²) >= 11 is 1.75. The summed E-state index contributed by atoms with van der Waals surface area (Å²) in [5.41, 5.74) is 6.81. The second-order valence-corrected chi connectivity index (χ2v) is 13.2. The summed E-state index contributed by atoms with van der Waals surface area (Å²) in [4.78, 5) is 36.0. The van der Waals surface area contributed by atoms with Gasteiger partial charge in [-0.3, -0.25) is 24.3 Å². The average Bonchev–Trinajstić information content (AvgIpc) is 3.89. The number of aromatic nitrogens is 6. The molecular weight excluding hydrogens is 653 g/mol. The maximum absolute atomic E-state index is 12.6. The third kappa shape index (κ3) is 8.56. The molecule has 13 nitrogen and oxygen atoms in total. The van der Waals surface area contributed by atoms with E-state index in [1.807, 2.05) is 56.1 Å². The second-order valence-electron chi connectivity index (χ2n) is 12.4. The third-order valence-electron chi connectivity index (χ3n) is 8.47. The van der Waals surface area contributed by atoms with Crippen molar-refractivity contribution in [2.24, 2.45) is 7.05 Å². The Labute approximate surface area is 295 Å². The smallest absolute Gasteiger partial charge is 0.237 e. The van der Waals surface area contributed by atoms with Crippen LogP contribution in [-0.4, -0.2) is 108 Å². The predicted molar refractivity (Wildman–Crippen MR) is 197 cm³/mol. The molecule has 50 heavy (non-hydrogen) atoms. The molecule has 0 radical (unpaired) electrons. The summed E-state index contributed by atoms with van der Waals surface area (Å²) in [6, 6.07) is 17.7. The molecule has 0 unspecified atom stereocenters. The van der Waals surface area contributed by atoms with Crippen LogP contribution in [0.25, 0.3) is 39.1 Å². The second kappa shape index (κ2) is 16.1. The van der Waals surface area contributed by atoms with E-state index in [0.717, 1.165) is 72.0 Å². The van der Waals surface area contributed by atoms with Crippen LogP contribution in [0.5, 0.6) is 5.88 Å². The molecule has 7 rings (SSSR count). The maximum Gasteiger partial charge on any atom is 0.237 e. The van der Waals surface area contributed by atoms with Gasteiger partial charge >= 0.3 is 0 Å². The van der Waals surface area contributed by atoms with Crippen LogP contribution < -0.4 is 10.1 Å². The Morgan fingerprint density at radius 2 is 1.84 bits per heavy atom. The van der Waals surface area contributed by atoms with Gasteiger partial charge in [0.1, 0.15) is 12.0 Å². The molecule has 2 aliphatic heterocycles. The van der Waals surface area contributed by atoms with Crippen LogP contribution in [-0.2, 0) is 16.6 Å². The van der Waals surface area contributed by atoms with Gasteiger partial charge in [0.15, 0.2) is 5.82 Å². The number of H-pyrrole nitrogens is 1. The highest BCUT2D eigenvalue weighted by molar-refractivity contribution is 7.96. The SMILES string of the molecule is CC(C)Oc1ccc(-c2n[nH]c3ccc(NC=O)cc23)cn1.CSN1CCN(CC(=O)N2CC=C(c3ccc(-c4ncn(C)n4)cc3)CC2)C1. The van der Waals surface area contributed by atoms with E-state index in [4.69, 9.17) is 4.74 Å². The summed E-state index contributed by atoms with van der Waals surface area (Å²) in [6.45, 7) is 8.79. The van der Waals surface area contributed by atoms with Gasteiger partial charge in [0.25, 0.3) is 0 Å². The van der Waals surface area contributed by atoms with Gasteiger partial charge in [-0.05, 0) is 61.9 Å². The van der Waals surface area contributed by atoms with Gasteiger partial charge in [0.2, 0.25) is 18.2 Å². The first-order valence-corrected chi connectivity index (χ1v) is 17.7. The largest absolute Gasteiger partial charge is 0.475 e. The van der Waals surface area contributed by atoms with Gasteiger partial charge < -0.3 is 15.0 Å². The van der Waals surface area contributed by atoms with Crippen LogP contribution in [0.15, 0.2) is 73.2 Å². The van der Waals surface area contributed by atoms with Gasteiger partial charge in [0.05, 0.1) is 24.8 Å². The average molecular weight is 695 g/mol. The lowest BCUT2D eigenvalue weighted by molar-refractivity contribution is -0.131. The van der Waals surface area contributed by atoms with E-state index < -0.39 is 0 Å². The van der Waals surface area contributed by atoms with Crippen LogP contribution in [0.4, 0.5) is 5.69 Å². The van der Waals surface area contributed by atoms with Crippen molar-refractivity contribution in [3.8, 4) is 28.5 Å². The van der Waals surface area contributed by atoms with E-state index in [-0.39, 0.29) is 12.0 Å². The van der Waals surface area contributed by atoms with Gasteiger partial charge in [-0.2, -0.15) is 10.2 Å². The first-order valence-electron chi connectivity index (χ1n) is 16.6. The summed E-state index contributed by atoms with van der Waals surface area (Å²) < 4.78 is 9.53. The Balaban J connectivity index is 0.000000178. The fraction of sp³-hybridized carbons (Fsp3) is 0.333. The van der Waals surface area contributed by atoms with Crippen molar-refractivity contribution in [1.29, 1.82) is 0 Å². The molecule has 0 aliphatic carbocycles. The number of nitrogens with zero attached hydrogens (tertiary/aromatic N) is 8. The molecule has 2 amide bonds. The number of pyridine rings is 1. The molecule has 0 atom stereocenters. The molecule has 0 saturated carbocycles. The number of anilines is 1. The summed E-state index contributed by atoms with van der Waals surface area (Å²) in [5, 5.41) is 15.2. The summed E-state index contributed by atoms with van der Waals surface area (Å²) in [7, 11) is 1.87. The number of benzene rings is 2. The molecule has 2 aromatic carbocycles. The zero-order valence-electron chi connectivity index (χ0n) is 28.7. The lowest BCUT2D eigenvalue weighted by atomic mass is 9.98. The van der Waals surface area contributed by atoms with Crippen molar-refractivity contribution < 1.29 is 14.3 Å². The topological polar surface area (TPSA) is 137 Å². The number of carbonyl (C=O) groups is 2. The minimum atomic E-state index is 0.0848. The Kier molecular flexibility index (Phi) is 11.2. The summed E-state index contributed by atoms with van der Waals surface area (Å²) in [5.74, 6) is 1.56. The highest BCUT2D eigenvalue weighted by Crippen LogP contribution is 2.29.